The summed E-state index contributed by atoms with van der Waals surface area (Å²) in [5.74, 6) is -0.106. The molecule has 0 spiro atoms. The molecule has 0 radical (unpaired) electrons. The van der Waals surface area contributed by atoms with E-state index < -0.39 is 34.1 Å². The fraction of sp³-hybridized carbons (Fsp3) is 0.483. The molecule has 2 fully saturated rings. The molecular formula is C29H36F3N5O4SSi. The lowest BCUT2D eigenvalue weighted by atomic mass is 9.85. The van der Waals surface area contributed by atoms with Gasteiger partial charge in [0, 0.05) is 28.5 Å². The van der Waals surface area contributed by atoms with Crippen LogP contribution in [0.2, 0.25) is 6.04 Å². The van der Waals surface area contributed by atoms with Crippen molar-refractivity contribution in [2.75, 3.05) is 18.1 Å². The Morgan fingerprint density at radius 1 is 1.09 bits per heavy atom. The number of anilines is 1. The van der Waals surface area contributed by atoms with Gasteiger partial charge < -0.3 is 9.64 Å². The van der Waals surface area contributed by atoms with Crippen molar-refractivity contribution in [1.82, 2.24) is 19.5 Å². The molecule has 0 bridgehead atoms. The van der Waals surface area contributed by atoms with E-state index in [2.05, 4.69) is 35.5 Å². The Hall–Kier alpha value is -3.23. The van der Waals surface area contributed by atoms with Gasteiger partial charge in [0.2, 0.25) is 0 Å². The van der Waals surface area contributed by atoms with Gasteiger partial charge in [0.25, 0.3) is 15.9 Å². The van der Waals surface area contributed by atoms with Gasteiger partial charge in [-0.15, -0.1) is 0 Å². The minimum Gasteiger partial charge on any atom is -0.374 e. The molecule has 232 valence electrons. The van der Waals surface area contributed by atoms with Crippen molar-refractivity contribution in [3.8, 4) is 5.82 Å². The summed E-state index contributed by atoms with van der Waals surface area (Å²) in [6.07, 6.45) is -1.67. The number of sulfonamides is 1. The zero-order valence-corrected chi connectivity index (χ0v) is 27.4. The number of benzene rings is 1. The second-order valence-electron chi connectivity index (χ2n) is 12.6. The fourth-order valence-corrected chi connectivity index (χ4v) is 7.21. The first-order chi connectivity index (χ1) is 20.1. The van der Waals surface area contributed by atoms with Gasteiger partial charge in [0.1, 0.15) is 5.82 Å². The van der Waals surface area contributed by atoms with E-state index in [1.165, 1.54) is 22.9 Å². The number of halogens is 3. The molecule has 1 amide bonds. The van der Waals surface area contributed by atoms with Gasteiger partial charge >= 0.3 is 6.18 Å². The third kappa shape index (κ3) is 6.36. The summed E-state index contributed by atoms with van der Waals surface area (Å²) in [5, 5.41) is 4.44. The summed E-state index contributed by atoms with van der Waals surface area (Å²) in [5.41, 5.74) is -1.59. The molecule has 1 N–H and O–H groups in total. The van der Waals surface area contributed by atoms with Gasteiger partial charge in [-0.3, -0.25) is 4.79 Å². The van der Waals surface area contributed by atoms with Crippen LogP contribution in [-0.4, -0.2) is 64.2 Å². The number of alkyl halides is 3. The van der Waals surface area contributed by atoms with Crippen LogP contribution in [0.3, 0.4) is 0 Å². The number of nitrogens with one attached hydrogen (secondary N) is 1. The van der Waals surface area contributed by atoms with Gasteiger partial charge in [-0.05, 0) is 68.9 Å². The van der Waals surface area contributed by atoms with E-state index in [0.717, 1.165) is 22.7 Å². The summed E-state index contributed by atoms with van der Waals surface area (Å²) >= 11 is 0. The molecule has 1 saturated carbocycles. The van der Waals surface area contributed by atoms with Gasteiger partial charge in [0.15, 0.2) is 5.82 Å². The molecule has 1 aliphatic heterocycles. The molecule has 1 aliphatic carbocycles. The quantitative estimate of drug-likeness (QED) is 0.336. The number of ether oxygens (including phenoxy) is 1. The highest BCUT2D eigenvalue weighted by molar-refractivity contribution is 7.90. The summed E-state index contributed by atoms with van der Waals surface area (Å²) < 4.78 is 74.7. The molecule has 1 atom stereocenters. The molecular weight excluding hydrogens is 599 g/mol. The van der Waals surface area contributed by atoms with Crippen LogP contribution in [-0.2, 0) is 21.4 Å². The minimum absolute atomic E-state index is 0.00279. The Morgan fingerprint density at radius 2 is 1.79 bits per heavy atom. The van der Waals surface area contributed by atoms with Crippen LogP contribution < -0.4 is 9.62 Å². The van der Waals surface area contributed by atoms with Crippen molar-refractivity contribution >= 4 is 32.0 Å². The van der Waals surface area contributed by atoms with Crippen LogP contribution in [0.1, 0.15) is 56.1 Å². The molecule has 2 aliphatic rings. The lowest BCUT2D eigenvalue weighted by Gasteiger charge is -2.34. The summed E-state index contributed by atoms with van der Waals surface area (Å²) in [7, 11) is -3.13. The topological polar surface area (TPSA) is 106 Å². The summed E-state index contributed by atoms with van der Waals surface area (Å²) in [4.78, 5) is 20.3. The van der Waals surface area contributed by atoms with Crippen LogP contribution in [0.15, 0.2) is 59.6 Å². The molecule has 3 aromatic rings. The predicted octanol–water partition coefficient (Wildman–Crippen LogP) is 4.02. The number of hydrogen-bond acceptors (Lipinski definition) is 7. The van der Waals surface area contributed by atoms with E-state index in [9.17, 15) is 26.4 Å². The number of aromatic nitrogens is 3. The normalized spacial score (nSPS) is 21.2. The molecule has 43 heavy (non-hydrogen) atoms. The zero-order chi connectivity index (χ0) is 31.3. The van der Waals surface area contributed by atoms with E-state index in [1.54, 1.807) is 36.5 Å². The smallest absolute Gasteiger partial charge is 0.374 e. The number of carbonyl (C=O) groups excluding carboxylic acids is 1. The maximum Gasteiger partial charge on any atom is 0.396 e. The minimum atomic E-state index is -4.29. The van der Waals surface area contributed by atoms with Crippen LogP contribution in [0.5, 0.6) is 0 Å². The fourth-order valence-electron chi connectivity index (χ4n) is 5.75. The van der Waals surface area contributed by atoms with Crippen molar-refractivity contribution in [2.45, 2.75) is 69.3 Å². The van der Waals surface area contributed by atoms with E-state index in [0.29, 0.717) is 23.9 Å². The van der Waals surface area contributed by atoms with E-state index >= 15 is 0 Å². The number of nitrogens with zero attached hydrogens (tertiary/aromatic N) is 4. The standard InChI is InChI=1S/C29H36F3N5O4SSi/c1-26(2)16-27(3,19-43)17-36(26)24-22(25(38)35-42(39,40)21-7-5-4-6-8-21)9-10-23(33-24)37-14-11-20(34-37)15-41-18-28(12-13-28)29(30,31)32/h4-11,14H,12-13,15-19H2,1-3,43H3,(H,35,38). The highest BCUT2D eigenvalue weighted by atomic mass is 32.2. The van der Waals surface area contributed by atoms with Gasteiger partial charge in [-0.2, -0.15) is 18.3 Å². The summed E-state index contributed by atoms with van der Waals surface area (Å²) in [6, 6.07) is 13.4. The molecule has 9 nitrogen and oxygen atoms in total. The molecule has 3 heterocycles. The zero-order valence-electron chi connectivity index (χ0n) is 24.6. The van der Waals surface area contributed by atoms with Crippen molar-refractivity contribution in [1.29, 1.82) is 0 Å². The number of carbonyl (C=O) groups is 1. The monoisotopic (exact) mass is 635 g/mol. The highest BCUT2D eigenvalue weighted by Gasteiger charge is 2.63. The average molecular weight is 636 g/mol. The summed E-state index contributed by atoms with van der Waals surface area (Å²) in [6.45, 7) is 6.48. The van der Waals surface area contributed by atoms with Crippen LogP contribution in [0, 0.1) is 10.8 Å². The highest BCUT2D eigenvalue weighted by Crippen LogP contribution is 2.57. The van der Waals surface area contributed by atoms with Crippen molar-refractivity contribution in [3.63, 3.8) is 0 Å². The third-order valence-corrected chi connectivity index (χ3v) is 11.6. The Balaban J connectivity index is 1.43. The molecule has 1 saturated heterocycles. The predicted molar refractivity (Wildman–Crippen MR) is 159 cm³/mol. The Labute approximate surface area is 252 Å². The molecule has 2 aromatic heterocycles. The third-order valence-electron chi connectivity index (χ3n) is 8.59. The number of rotatable bonds is 10. The average Bonchev–Trinajstić information content (AvgIpc) is 3.52. The number of hydrogen-bond donors (Lipinski definition) is 1. The molecule has 1 unspecified atom stereocenters. The lowest BCUT2D eigenvalue weighted by molar-refractivity contribution is -0.202. The Morgan fingerprint density at radius 3 is 2.40 bits per heavy atom. The first-order valence-corrected chi connectivity index (χ1v) is 17.1. The molecule has 14 heteroatoms. The van der Waals surface area contributed by atoms with Gasteiger partial charge in [0.05, 0.1) is 34.8 Å². The lowest BCUT2D eigenvalue weighted by Crippen LogP contribution is -2.41. The van der Waals surface area contributed by atoms with Crippen LogP contribution in [0.4, 0.5) is 19.0 Å². The number of pyridine rings is 1. The second kappa shape index (κ2) is 11.0. The van der Waals surface area contributed by atoms with Gasteiger partial charge in [-0.1, -0.05) is 31.2 Å². The van der Waals surface area contributed by atoms with E-state index in [4.69, 9.17) is 9.72 Å². The van der Waals surface area contributed by atoms with Crippen LogP contribution in [0.25, 0.3) is 5.82 Å². The molecule has 5 rings (SSSR count). The maximum atomic E-state index is 13.5. The first-order valence-electron chi connectivity index (χ1n) is 14.2. The van der Waals surface area contributed by atoms with Crippen molar-refractivity contribution in [3.05, 3.63) is 66.0 Å². The van der Waals surface area contributed by atoms with Gasteiger partial charge in [-0.25, -0.2) is 22.8 Å². The Bertz CT molecular complexity index is 1610. The SMILES string of the molecule is CC1(C[SiH3])CN(c2nc(-n3ccc(COCC4(C(F)(F)F)CC4)n3)ccc2C(=O)NS(=O)(=O)c2ccccc2)C(C)(C)C1. The first kappa shape index (κ1) is 31.2. The largest absolute Gasteiger partial charge is 0.396 e. The maximum absolute atomic E-state index is 13.5. The molecule has 1 aromatic carbocycles. The Kier molecular flexibility index (Phi) is 8.01. The van der Waals surface area contributed by atoms with Crippen LogP contribution >= 0.6 is 0 Å². The van der Waals surface area contributed by atoms with E-state index in [1.807, 2.05) is 0 Å². The second-order valence-corrected chi connectivity index (χ2v) is 14.9. The van der Waals surface area contributed by atoms with Crippen molar-refractivity contribution in [2.24, 2.45) is 10.8 Å². The van der Waals surface area contributed by atoms with E-state index in [-0.39, 0.29) is 40.9 Å². The number of amides is 1. The van der Waals surface area contributed by atoms with Crippen molar-refractivity contribution < 1.29 is 31.1 Å².